The standard InChI is InChI=1S/C16H22ClNO2/c1-2-3-12(6-8-17)11-18-16(19)14-4-5-15-13(10-14)7-9-20-15/h4-5,10,12H,2-3,6-9,11H2,1H3,(H,18,19). The van der Waals surface area contributed by atoms with Crippen molar-refractivity contribution in [2.75, 3.05) is 19.0 Å². The average molecular weight is 296 g/mol. The van der Waals surface area contributed by atoms with E-state index in [0.717, 1.165) is 42.6 Å². The molecular weight excluding hydrogens is 274 g/mol. The van der Waals surface area contributed by atoms with Crippen LogP contribution in [0, 0.1) is 5.92 Å². The molecule has 0 saturated carbocycles. The van der Waals surface area contributed by atoms with Crippen molar-refractivity contribution in [3.63, 3.8) is 0 Å². The molecule has 1 aromatic rings. The molecule has 0 bridgehead atoms. The first kappa shape index (κ1) is 15.2. The normalized spacial score (nSPS) is 14.5. The molecule has 1 heterocycles. The Morgan fingerprint density at radius 2 is 2.30 bits per heavy atom. The van der Waals surface area contributed by atoms with Crippen LogP contribution < -0.4 is 10.1 Å². The van der Waals surface area contributed by atoms with E-state index in [9.17, 15) is 4.79 Å². The number of hydrogen-bond donors (Lipinski definition) is 1. The minimum Gasteiger partial charge on any atom is -0.493 e. The maximum atomic E-state index is 12.2. The molecule has 0 saturated heterocycles. The number of hydrogen-bond acceptors (Lipinski definition) is 2. The minimum atomic E-state index is -0.00428. The van der Waals surface area contributed by atoms with Crippen LogP contribution in [0.2, 0.25) is 0 Å². The molecule has 4 heteroatoms. The molecule has 110 valence electrons. The van der Waals surface area contributed by atoms with Crippen LogP contribution in [0.1, 0.15) is 42.1 Å². The minimum absolute atomic E-state index is 0.00428. The highest BCUT2D eigenvalue weighted by atomic mass is 35.5. The number of benzene rings is 1. The largest absolute Gasteiger partial charge is 0.493 e. The highest BCUT2D eigenvalue weighted by molar-refractivity contribution is 6.17. The fourth-order valence-electron chi connectivity index (χ4n) is 2.58. The zero-order chi connectivity index (χ0) is 14.4. The Hall–Kier alpha value is -1.22. The van der Waals surface area contributed by atoms with Crippen molar-refractivity contribution < 1.29 is 9.53 Å². The smallest absolute Gasteiger partial charge is 0.251 e. The Morgan fingerprint density at radius 3 is 3.05 bits per heavy atom. The first-order valence-electron chi connectivity index (χ1n) is 7.34. The highest BCUT2D eigenvalue weighted by Gasteiger charge is 2.15. The van der Waals surface area contributed by atoms with E-state index >= 15 is 0 Å². The second-order valence-electron chi connectivity index (χ2n) is 5.26. The van der Waals surface area contributed by atoms with Gasteiger partial charge in [0.25, 0.3) is 5.91 Å². The SMILES string of the molecule is CCCC(CCCl)CNC(=O)c1ccc2c(c1)CCO2. The molecule has 20 heavy (non-hydrogen) atoms. The van der Waals surface area contributed by atoms with Gasteiger partial charge in [-0.25, -0.2) is 0 Å². The number of halogens is 1. The first-order chi connectivity index (χ1) is 9.74. The summed E-state index contributed by atoms with van der Waals surface area (Å²) in [6.07, 6.45) is 4.06. The van der Waals surface area contributed by atoms with Crippen LogP contribution in [0.25, 0.3) is 0 Å². The van der Waals surface area contributed by atoms with Crippen molar-refractivity contribution in [2.24, 2.45) is 5.92 Å². The van der Waals surface area contributed by atoms with Gasteiger partial charge in [-0.3, -0.25) is 4.79 Å². The third-order valence-electron chi connectivity index (χ3n) is 3.72. The molecule has 0 aromatic heterocycles. The zero-order valence-corrected chi connectivity index (χ0v) is 12.7. The van der Waals surface area contributed by atoms with Crippen molar-refractivity contribution >= 4 is 17.5 Å². The number of rotatable bonds is 7. The number of alkyl halides is 1. The van der Waals surface area contributed by atoms with Gasteiger partial charge in [0.1, 0.15) is 5.75 Å². The van der Waals surface area contributed by atoms with E-state index in [1.54, 1.807) is 0 Å². The van der Waals surface area contributed by atoms with E-state index in [4.69, 9.17) is 16.3 Å². The molecule has 3 nitrogen and oxygen atoms in total. The van der Waals surface area contributed by atoms with Gasteiger partial charge in [-0.1, -0.05) is 13.3 Å². The third-order valence-corrected chi connectivity index (χ3v) is 3.94. The Bertz CT molecular complexity index is 456. The van der Waals surface area contributed by atoms with Gasteiger partial charge in [0.05, 0.1) is 6.61 Å². The third kappa shape index (κ3) is 3.89. The van der Waals surface area contributed by atoms with E-state index in [1.807, 2.05) is 18.2 Å². The van der Waals surface area contributed by atoms with Gasteiger partial charge >= 0.3 is 0 Å². The predicted molar refractivity (Wildman–Crippen MR) is 81.7 cm³/mol. The zero-order valence-electron chi connectivity index (χ0n) is 12.0. The Kier molecular flexibility index (Phi) is 5.72. The van der Waals surface area contributed by atoms with Crippen LogP contribution >= 0.6 is 11.6 Å². The lowest BCUT2D eigenvalue weighted by Gasteiger charge is -2.15. The van der Waals surface area contributed by atoms with Gasteiger partial charge in [0, 0.05) is 24.4 Å². The highest BCUT2D eigenvalue weighted by Crippen LogP contribution is 2.25. The Morgan fingerprint density at radius 1 is 1.45 bits per heavy atom. The van der Waals surface area contributed by atoms with Crippen LogP contribution in [0.5, 0.6) is 5.75 Å². The molecule has 0 spiro atoms. The lowest BCUT2D eigenvalue weighted by molar-refractivity contribution is 0.0946. The van der Waals surface area contributed by atoms with E-state index < -0.39 is 0 Å². The molecule has 0 fully saturated rings. The summed E-state index contributed by atoms with van der Waals surface area (Å²) in [4.78, 5) is 12.2. The molecular formula is C16H22ClNO2. The van der Waals surface area contributed by atoms with E-state index in [0.29, 0.717) is 24.9 Å². The van der Waals surface area contributed by atoms with Crippen LogP contribution in [-0.2, 0) is 6.42 Å². The van der Waals surface area contributed by atoms with Crippen LogP contribution in [0.4, 0.5) is 0 Å². The van der Waals surface area contributed by atoms with Crippen LogP contribution in [0.3, 0.4) is 0 Å². The van der Waals surface area contributed by atoms with Gasteiger partial charge in [-0.2, -0.15) is 0 Å². The molecule has 1 unspecified atom stereocenters. The molecule has 1 amide bonds. The number of nitrogens with one attached hydrogen (secondary N) is 1. The van der Waals surface area contributed by atoms with Crippen LogP contribution in [0.15, 0.2) is 18.2 Å². The number of fused-ring (bicyclic) bond motifs is 1. The summed E-state index contributed by atoms with van der Waals surface area (Å²) in [6, 6.07) is 5.66. The lowest BCUT2D eigenvalue weighted by Crippen LogP contribution is -2.29. The molecule has 0 aliphatic carbocycles. The van der Waals surface area contributed by atoms with Gasteiger partial charge in [0.2, 0.25) is 0 Å². The van der Waals surface area contributed by atoms with E-state index in [2.05, 4.69) is 12.2 Å². The quantitative estimate of drug-likeness (QED) is 0.783. The van der Waals surface area contributed by atoms with E-state index in [1.165, 1.54) is 0 Å². The van der Waals surface area contributed by atoms with Crippen molar-refractivity contribution in [2.45, 2.75) is 32.6 Å². The second kappa shape index (κ2) is 7.53. The fraction of sp³-hybridized carbons (Fsp3) is 0.562. The predicted octanol–water partition coefficient (Wildman–Crippen LogP) is 3.40. The fourth-order valence-corrected chi connectivity index (χ4v) is 2.89. The molecule has 1 atom stereocenters. The topological polar surface area (TPSA) is 38.3 Å². The molecule has 1 aliphatic rings. The monoisotopic (exact) mass is 295 g/mol. The van der Waals surface area contributed by atoms with Gasteiger partial charge in [0.15, 0.2) is 0 Å². The van der Waals surface area contributed by atoms with Crippen molar-refractivity contribution in [1.29, 1.82) is 0 Å². The molecule has 2 rings (SSSR count). The summed E-state index contributed by atoms with van der Waals surface area (Å²) in [6.45, 7) is 3.57. The summed E-state index contributed by atoms with van der Waals surface area (Å²) in [5, 5.41) is 3.02. The second-order valence-corrected chi connectivity index (χ2v) is 5.64. The van der Waals surface area contributed by atoms with Crippen molar-refractivity contribution in [3.8, 4) is 5.75 Å². The van der Waals surface area contributed by atoms with Crippen molar-refractivity contribution in [1.82, 2.24) is 5.32 Å². The van der Waals surface area contributed by atoms with Crippen LogP contribution in [-0.4, -0.2) is 24.9 Å². The summed E-state index contributed by atoms with van der Waals surface area (Å²) in [5.41, 5.74) is 1.85. The Labute approximate surface area is 125 Å². The summed E-state index contributed by atoms with van der Waals surface area (Å²) < 4.78 is 5.45. The first-order valence-corrected chi connectivity index (χ1v) is 7.88. The average Bonchev–Trinajstić information content (AvgIpc) is 2.92. The lowest BCUT2D eigenvalue weighted by atomic mass is 10.0. The number of carbonyl (C=O) groups is 1. The van der Waals surface area contributed by atoms with Gasteiger partial charge in [-0.15, -0.1) is 11.6 Å². The summed E-state index contributed by atoms with van der Waals surface area (Å²) in [7, 11) is 0. The summed E-state index contributed by atoms with van der Waals surface area (Å²) in [5.74, 6) is 2.03. The molecule has 1 N–H and O–H groups in total. The molecule has 0 radical (unpaired) electrons. The number of carbonyl (C=O) groups excluding carboxylic acids is 1. The number of amides is 1. The maximum Gasteiger partial charge on any atom is 0.251 e. The maximum absolute atomic E-state index is 12.2. The Balaban J connectivity index is 1.91. The number of ether oxygens (including phenoxy) is 1. The van der Waals surface area contributed by atoms with E-state index in [-0.39, 0.29) is 5.91 Å². The van der Waals surface area contributed by atoms with Gasteiger partial charge in [-0.05, 0) is 42.5 Å². The van der Waals surface area contributed by atoms with Gasteiger partial charge < -0.3 is 10.1 Å². The molecule has 1 aromatic carbocycles. The molecule has 1 aliphatic heterocycles. The van der Waals surface area contributed by atoms with Crippen molar-refractivity contribution in [3.05, 3.63) is 29.3 Å². The summed E-state index contributed by atoms with van der Waals surface area (Å²) >= 11 is 5.80.